The summed E-state index contributed by atoms with van der Waals surface area (Å²) in [7, 11) is 0. The molecule has 148 valence electrons. The first kappa shape index (κ1) is 17.9. The quantitative estimate of drug-likeness (QED) is 0.835. The molecule has 5 nitrogen and oxygen atoms in total. The third-order valence-electron chi connectivity index (χ3n) is 7.21. The fourth-order valence-corrected chi connectivity index (χ4v) is 6.65. The molecule has 1 heterocycles. The van der Waals surface area contributed by atoms with Crippen LogP contribution in [0.4, 0.5) is 0 Å². The predicted octanol–water partition coefficient (Wildman–Crippen LogP) is 3.52. The predicted molar refractivity (Wildman–Crippen MR) is 107 cm³/mol. The number of rotatable bonds is 6. The van der Waals surface area contributed by atoms with Gasteiger partial charge in [-0.05, 0) is 86.0 Å². The fraction of sp³-hybridized carbons (Fsp3) is 0.565. The summed E-state index contributed by atoms with van der Waals surface area (Å²) in [5, 5.41) is 13.9. The van der Waals surface area contributed by atoms with Crippen molar-refractivity contribution < 1.29 is 9.90 Å². The lowest BCUT2D eigenvalue weighted by Gasteiger charge is -2.57. The highest BCUT2D eigenvalue weighted by molar-refractivity contribution is 5.94. The fourth-order valence-electron chi connectivity index (χ4n) is 6.65. The van der Waals surface area contributed by atoms with E-state index in [1.165, 1.54) is 38.5 Å². The Kier molecular flexibility index (Phi) is 4.50. The van der Waals surface area contributed by atoms with Crippen LogP contribution < -0.4 is 0 Å². The van der Waals surface area contributed by atoms with Gasteiger partial charge < -0.3 is 10.0 Å². The summed E-state index contributed by atoms with van der Waals surface area (Å²) in [5.74, 6) is 2.61. The monoisotopic (exact) mass is 379 g/mol. The highest BCUT2D eigenvalue weighted by Crippen LogP contribution is 2.60. The number of aliphatic hydroxyl groups excluding tert-OH is 1. The molecule has 1 N–H and O–H groups in total. The van der Waals surface area contributed by atoms with Crippen LogP contribution in [0.15, 0.2) is 42.7 Å². The number of amides is 1. The van der Waals surface area contributed by atoms with E-state index in [1.54, 1.807) is 10.9 Å². The third kappa shape index (κ3) is 3.26. The number of hydrogen-bond acceptors (Lipinski definition) is 3. The second-order valence-corrected chi connectivity index (χ2v) is 9.37. The van der Waals surface area contributed by atoms with E-state index in [0.717, 1.165) is 30.0 Å². The van der Waals surface area contributed by atoms with E-state index in [9.17, 15) is 9.90 Å². The Hall–Kier alpha value is -2.14. The molecule has 1 aromatic heterocycles. The molecule has 1 aromatic carbocycles. The summed E-state index contributed by atoms with van der Waals surface area (Å²) in [6.45, 7) is 1.21. The summed E-state index contributed by atoms with van der Waals surface area (Å²) in [4.78, 5) is 15.3. The van der Waals surface area contributed by atoms with Crippen LogP contribution in [0.5, 0.6) is 0 Å². The lowest BCUT2D eigenvalue weighted by molar-refractivity contribution is -0.0662. The normalized spacial score (nSPS) is 30.5. The third-order valence-corrected chi connectivity index (χ3v) is 7.21. The second kappa shape index (κ2) is 7.03. The van der Waals surface area contributed by atoms with E-state index < -0.39 is 0 Å². The number of benzene rings is 1. The minimum Gasteiger partial charge on any atom is -0.395 e. The Morgan fingerprint density at radius 2 is 1.86 bits per heavy atom. The maximum absolute atomic E-state index is 13.4. The number of aromatic nitrogens is 2. The lowest BCUT2D eigenvalue weighted by atomic mass is 9.49. The molecule has 4 aliphatic rings. The van der Waals surface area contributed by atoms with E-state index >= 15 is 0 Å². The van der Waals surface area contributed by atoms with Crippen LogP contribution >= 0.6 is 0 Å². The number of nitrogens with zero attached hydrogens (tertiary/aromatic N) is 3. The Morgan fingerprint density at radius 1 is 1.14 bits per heavy atom. The van der Waals surface area contributed by atoms with Crippen molar-refractivity contribution in [2.24, 2.45) is 23.2 Å². The van der Waals surface area contributed by atoms with Crippen molar-refractivity contribution in [1.29, 1.82) is 0 Å². The molecule has 4 saturated carbocycles. The summed E-state index contributed by atoms with van der Waals surface area (Å²) in [6, 6.07) is 9.52. The van der Waals surface area contributed by atoms with Crippen molar-refractivity contribution in [3.63, 3.8) is 0 Å². The SMILES string of the molecule is O=C(c1cccc(-n2cccn2)c1)N(CCO)CC12CC3CC(CC(C3)C1)C2. The zero-order chi connectivity index (χ0) is 19.1. The van der Waals surface area contributed by atoms with E-state index in [0.29, 0.717) is 12.1 Å². The van der Waals surface area contributed by atoms with Crippen molar-refractivity contribution in [3.05, 3.63) is 48.3 Å². The first-order chi connectivity index (χ1) is 13.6. The smallest absolute Gasteiger partial charge is 0.254 e. The van der Waals surface area contributed by atoms with Gasteiger partial charge >= 0.3 is 0 Å². The van der Waals surface area contributed by atoms with Crippen LogP contribution in [-0.2, 0) is 0 Å². The molecule has 6 rings (SSSR count). The largest absolute Gasteiger partial charge is 0.395 e. The van der Waals surface area contributed by atoms with Crippen LogP contribution in [0.3, 0.4) is 0 Å². The number of aliphatic hydroxyl groups is 1. The van der Waals surface area contributed by atoms with Gasteiger partial charge in [-0.3, -0.25) is 4.79 Å². The topological polar surface area (TPSA) is 58.4 Å². The summed E-state index contributed by atoms with van der Waals surface area (Å²) in [5.41, 5.74) is 1.83. The first-order valence-corrected chi connectivity index (χ1v) is 10.6. The molecule has 4 fully saturated rings. The molecule has 0 radical (unpaired) electrons. The van der Waals surface area contributed by atoms with Gasteiger partial charge in [-0.25, -0.2) is 4.68 Å². The van der Waals surface area contributed by atoms with Gasteiger partial charge in [0.25, 0.3) is 5.91 Å². The van der Waals surface area contributed by atoms with E-state index in [2.05, 4.69) is 5.10 Å². The Balaban J connectivity index is 1.38. The number of carbonyl (C=O) groups excluding carboxylic acids is 1. The molecule has 4 bridgehead atoms. The molecule has 2 aromatic rings. The molecular formula is C23H29N3O2. The Bertz CT molecular complexity index is 810. The zero-order valence-corrected chi connectivity index (χ0v) is 16.3. The van der Waals surface area contributed by atoms with Crippen LogP contribution in [0.2, 0.25) is 0 Å². The van der Waals surface area contributed by atoms with Crippen LogP contribution in [0.25, 0.3) is 5.69 Å². The standard InChI is InChI=1S/C23H29N3O2/c27-8-7-25(16-23-13-17-9-18(14-23)11-19(10-17)15-23)22(28)20-3-1-4-21(12-20)26-6-2-5-24-26/h1-6,12,17-19,27H,7-11,13-16H2. The van der Waals surface area contributed by atoms with Crippen molar-refractivity contribution >= 4 is 5.91 Å². The van der Waals surface area contributed by atoms with Crippen molar-refractivity contribution in [2.75, 3.05) is 19.7 Å². The van der Waals surface area contributed by atoms with Gasteiger partial charge in [-0.1, -0.05) is 6.07 Å². The average Bonchev–Trinajstić information content (AvgIpc) is 3.21. The maximum atomic E-state index is 13.4. The lowest BCUT2D eigenvalue weighted by Crippen LogP contribution is -2.52. The van der Waals surface area contributed by atoms with Gasteiger partial charge in [0.1, 0.15) is 0 Å². The highest BCUT2D eigenvalue weighted by atomic mass is 16.3. The molecule has 0 saturated heterocycles. The first-order valence-electron chi connectivity index (χ1n) is 10.6. The van der Waals surface area contributed by atoms with Gasteiger partial charge in [0.15, 0.2) is 0 Å². The van der Waals surface area contributed by atoms with Crippen LogP contribution in [-0.4, -0.2) is 45.4 Å². The van der Waals surface area contributed by atoms with E-state index in [1.807, 2.05) is 41.4 Å². The summed E-state index contributed by atoms with van der Waals surface area (Å²) >= 11 is 0. The molecule has 0 atom stereocenters. The minimum absolute atomic E-state index is 0.0109. The minimum atomic E-state index is 0.0109. The van der Waals surface area contributed by atoms with Crippen molar-refractivity contribution in [3.8, 4) is 5.69 Å². The van der Waals surface area contributed by atoms with Gasteiger partial charge in [0.2, 0.25) is 0 Å². The highest BCUT2D eigenvalue weighted by Gasteiger charge is 2.51. The molecule has 0 unspecified atom stereocenters. The average molecular weight is 380 g/mol. The summed E-state index contributed by atoms with van der Waals surface area (Å²) < 4.78 is 1.77. The Labute approximate surface area is 166 Å². The molecule has 1 amide bonds. The van der Waals surface area contributed by atoms with E-state index in [-0.39, 0.29) is 17.9 Å². The summed E-state index contributed by atoms with van der Waals surface area (Å²) in [6.07, 6.45) is 11.6. The molecule has 0 spiro atoms. The van der Waals surface area contributed by atoms with Gasteiger partial charge in [0, 0.05) is 31.0 Å². The zero-order valence-electron chi connectivity index (χ0n) is 16.3. The molecule has 4 aliphatic carbocycles. The van der Waals surface area contributed by atoms with Crippen LogP contribution in [0, 0.1) is 23.2 Å². The Morgan fingerprint density at radius 3 is 2.46 bits per heavy atom. The maximum Gasteiger partial charge on any atom is 0.254 e. The van der Waals surface area contributed by atoms with Gasteiger partial charge in [-0.15, -0.1) is 0 Å². The molecule has 0 aliphatic heterocycles. The van der Waals surface area contributed by atoms with E-state index in [4.69, 9.17) is 0 Å². The second-order valence-electron chi connectivity index (χ2n) is 9.37. The number of carbonyl (C=O) groups is 1. The molecule has 28 heavy (non-hydrogen) atoms. The number of hydrogen-bond donors (Lipinski definition) is 1. The molecule has 5 heteroatoms. The van der Waals surface area contributed by atoms with Gasteiger partial charge in [-0.2, -0.15) is 5.10 Å². The van der Waals surface area contributed by atoms with Gasteiger partial charge in [0.05, 0.1) is 12.3 Å². The van der Waals surface area contributed by atoms with Crippen molar-refractivity contribution in [2.45, 2.75) is 38.5 Å². The van der Waals surface area contributed by atoms with Crippen molar-refractivity contribution in [1.82, 2.24) is 14.7 Å². The van der Waals surface area contributed by atoms with Crippen LogP contribution in [0.1, 0.15) is 48.9 Å². The molecular weight excluding hydrogens is 350 g/mol.